The van der Waals surface area contributed by atoms with Crippen LogP contribution in [0.25, 0.3) is 0 Å². The first-order valence-electron chi connectivity index (χ1n) is 15.2. The van der Waals surface area contributed by atoms with Crippen LogP contribution in [0.15, 0.2) is 64.1 Å². The molecule has 0 aromatic heterocycles. The Kier molecular flexibility index (Phi) is 8.50. The Labute approximate surface area is 273 Å². The molecule has 8 nitrogen and oxygen atoms in total. The fourth-order valence-corrected chi connectivity index (χ4v) is 8.53. The maximum atomic E-state index is 14.4. The Morgan fingerprint density at radius 3 is 2.09 bits per heavy atom. The molecule has 232 valence electrons. The monoisotopic (exact) mass is 653 g/mol. The molecule has 4 aliphatic heterocycles. The Balaban J connectivity index is 1.33. The van der Waals surface area contributed by atoms with E-state index in [0.717, 1.165) is 28.4 Å². The van der Waals surface area contributed by atoms with E-state index < -0.39 is 11.6 Å². The van der Waals surface area contributed by atoms with Crippen LogP contribution >= 0.6 is 35.0 Å². The largest absolute Gasteiger partial charge is 0.339 e. The SMILES string of the molecule is CC(=O)N1CCN(C(=O)[C@@H]2CCCN2C(=O)C2=C(C(C)C)N3C(=N[C@@](C)(c4ccc(Cl)cc4)[C@H]3c3ccc(Cl)cc3)S2)CC1. The predicted octanol–water partition coefficient (Wildman–Crippen LogP) is 5.92. The standard InChI is InChI=1S/C33H37Cl2N5O3S/c1-20(2)27-28(31(43)39-15-5-6-26(39)30(42)38-18-16-37(17-19-38)21(3)41)44-32-36-33(4,23-9-13-25(35)14-10-23)29(40(27)32)22-7-11-24(34)12-8-22/h7-14,20,26,29H,5-6,15-19H2,1-4H3/t26-,29+,33-/m0/s1. The van der Waals surface area contributed by atoms with E-state index >= 15 is 0 Å². The first-order valence-corrected chi connectivity index (χ1v) is 16.7. The van der Waals surface area contributed by atoms with Gasteiger partial charge in [-0.1, -0.05) is 61.3 Å². The number of hydrogen-bond acceptors (Lipinski definition) is 6. The van der Waals surface area contributed by atoms with Crippen molar-refractivity contribution in [2.45, 2.75) is 58.2 Å². The smallest absolute Gasteiger partial charge is 0.263 e. The van der Waals surface area contributed by atoms with Crippen LogP contribution in [-0.2, 0) is 19.9 Å². The van der Waals surface area contributed by atoms with E-state index in [0.29, 0.717) is 54.1 Å². The van der Waals surface area contributed by atoms with Gasteiger partial charge in [0.25, 0.3) is 5.91 Å². The number of piperazine rings is 1. The molecule has 4 aliphatic rings. The number of carbonyl (C=O) groups is 3. The lowest BCUT2D eigenvalue weighted by atomic mass is 9.81. The number of likely N-dealkylation sites (tertiary alicyclic amines) is 1. The number of aliphatic imine (C=N–C) groups is 1. The Morgan fingerprint density at radius 2 is 1.50 bits per heavy atom. The highest BCUT2D eigenvalue weighted by Gasteiger charge is 2.54. The summed E-state index contributed by atoms with van der Waals surface area (Å²) in [5.74, 6) is -0.0975. The van der Waals surface area contributed by atoms with Gasteiger partial charge in [0, 0.05) is 55.4 Å². The molecule has 0 saturated carbocycles. The summed E-state index contributed by atoms with van der Waals surface area (Å²) in [5, 5.41) is 2.09. The molecule has 0 unspecified atom stereocenters. The number of allylic oxidation sites excluding steroid dienone is 1. The van der Waals surface area contributed by atoms with E-state index in [1.165, 1.54) is 11.8 Å². The second kappa shape index (κ2) is 12.1. The van der Waals surface area contributed by atoms with Crippen molar-refractivity contribution in [1.29, 1.82) is 0 Å². The molecular formula is C33H37Cl2N5O3S. The van der Waals surface area contributed by atoms with Crippen LogP contribution in [-0.4, -0.2) is 81.3 Å². The highest BCUT2D eigenvalue weighted by atomic mass is 35.5. The summed E-state index contributed by atoms with van der Waals surface area (Å²) in [5.41, 5.74) is 2.33. The van der Waals surface area contributed by atoms with E-state index in [1.54, 1.807) is 16.7 Å². The molecule has 0 spiro atoms. The van der Waals surface area contributed by atoms with Crippen molar-refractivity contribution in [2.24, 2.45) is 10.9 Å². The zero-order chi connectivity index (χ0) is 31.3. The fraction of sp³-hybridized carbons (Fsp3) is 0.455. The van der Waals surface area contributed by atoms with E-state index in [-0.39, 0.29) is 29.7 Å². The maximum Gasteiger partial charge on any atom is 0.263 e. The van der Waals surface area contributed by atoms with Gasteiger partial charge in [0.05, 0.1) is 6.04 Å². The molecule has 3 atom stereocenters. The van der Waals surface area contributed by atoms with E-state index in [9.17, 15) is 14.4 Å². The lowest BCUT2D eigenvalue weighted by Gasteiger charge is -2.38. The normalized spacial score (nSPS) is 25.2. The van der Waals surface area contributed by atoms with Crippen molar-refractivity contribution in [1.82, 2.24) is 19.6 Å². The van der Waals surface area contributed by atoms with Gasteiger partial charge in [0.1, 0.15) is 16.5 Å². The zero-order valence-corrected chi connectivity index (χ0v) is 27.8. The van der Waals surface area contributed by atoms with Crippen LogP contribution in [0.4, 0.5) is 0 Å². The summed E-state index contributed by atoms with van der Waals surface area (Å²) < 4.78 is 0. The lowest BCUT2D eigenvalue weighted by molar-refractivity contribution is -0.145. The summed E-state index contributed by atoms with van der Waals surface area (Å²) >= 11 is 14.0. The van der Waals surface area contributed by atoms with Crippen molar-refractivity contribution in [3.63, 3.8) is 0 Å². The number of carbonyl (C=O) groups excluding carboxylic acids is 3. The number of halogens is 2. The number of rotatable bonds is 5. The van der Waals surface area contributed by atoms with Crippen LogP contribution in [0.2, 0.25) is 10.0 Å². The summed E-state index contributed by atoms with van der Waals surface area (Å²) in [6, 6.07) is 14.9. The molecule has 2 saturated heterocycles. The number of fused-ring (bicyclic) bond motifs is 1. The van der Waals surface area contributed by atoms with Gasteiger partial charge >= 0.3 is 0 Å². The summed E-state index contributed by atoms with van der Waals surface area (Å²) in [4.78, 5) is 53.4. The number of amidine groups is 1. The Bertz CT molecular complexity index is 1540. The molecule has 2 aromatic carbocycles. The molecule has 0 bridgehead atoms. The molecule has 2 aromatic rings. The number of benzene rings is 2. The van der Waals surface area contributed by atoms with Crippen molar-refractivity contribution in [3.8, 4) is 0 Å². The molecule has 2 fully saturated rings. The van der Waals surface area contributed by atoms with E-state index in [2.05, 4.69) is 25.7 Å². The van der Waals surface area contributed by atoms with E-state index in [1.807, 2.05) is 53.4 Å². The Morgan fingerprint density at radius 1 is 0.909 bits per heavy atom. The minimum atomic E-state index is -0.649. The van der Waals surface area contributed by atoms with Crippen LogP contribution in [0.3, 0.4) is 0 Å². The molecule has 6 rings (SSSR count). The van der Waals surface area contributed by atoms with Gasteiger partial charge in [-0.3, -0.25) is 14.4 Å². The molecule has 0 N–H and O–H groups in total. The fourth-order valence-electron chi connectivity index (χ4n) is 6.91. The molecular weight excluding hydrogens is 617 g/mol. The molecule has 0 radical (unpaired) electrons. The van der Waals surface area contributed by atoms with Gasteiger partial charge in [-0.05, 0) is 72.8 Å². The quantitative estimate of drug-likeness (QED) is 0.401. The van der Waals surface area contributed by atoms with Crippen molar-refractivity contribution in [2.75, 3.05) is 32.7 Å². The average molecular weight is 655 g/mol. The van der Waals surface area contributed by atoms with Crippen molar-refractivity contribution < 1.29 is 14.4 Å². The third-order valence-corrected chi connectivity index (χ3v) is 10.8. The van der Waals surface area contributed by atoms with E-state index in [4.69, 9.17) is 28.2 Å². The average Bonchev–Trinajstić information content (AvgIpc) is 3.70. The number of amides is 3. The topological polar surface area (TPSA) is 76.5 Å². The zero-order valence-electron chi connectivity index (χ0n) is 25.4. The minimum Gasteiger partial charge on any atom is -0.339 e. The van der Waals surface area contributed by atoms with Crippen molar-refractivity contribution >= 4 is 57.9 Å². The van der Waals surface area contributed by atoms with Gasteiger partial charge in [0.2, 0.25) is 11.8 Å². The van der Waals surface area contributed by atoms with Crippen LogP contribution in [0.1, 0.15) is 57.7 Å². The second-order valence-electron chi connectivity index (χ2n) is 12.3. The van der Waals surface area contributed by atoms with Crippen LogP contribution < -0.4 is 0 Å². The Hall–Kier alpha value is -3.01. The first-order chi connectivity index (χ1) is 21.0. The summed E-state index contributed by atoms with van der Waals surface area (Å²) in [6.07, 6.45) is 1.41. The van der Waals surface area contributed by atoms with Gasteiger partial charge in [-0.2, -0.15) is 0 Å². The predicted molar refractivity (Wildman–Crippen MR) is 175 cm³/mol. The minimum absolute atomic E-state index is 0.0212. The first kappa shape index (κ1) is 31.0. The molecule has 3 amide bonds. The highest BCUT2D eigenvalue weighted by Crippen LogP contribution is 2.56. The molecule has 4 heterocycles. The van der Waals surface area contributed by atoms with Gasteiger partial charge < -0.3 is 19.6 Å². The summed E-state index contributed by atoms with van der Waals surface area (Å²) in [7, 11) is 0. The molecule has 0 aliphatic carbocycles. The van der Waals surface area contributed by atoms with Crippen molar-refractivity contribution in [3.05, 3.63) is 80.3 Å². The van der Waals surface area contributed by atoms with Gasteiger partial charge in [-0.15, -0.1) is 0 Å². The highest BCUT2D eigenvalue weighted by molar-refractivity contribution is 8.18. The van der Waals surface area contributed by atoms with Crippen LogP contribution in [0.5, 0.6) is 0 Å². The molecule has 44 heavy (non-hydrogen) atoms. The maximum absolute atomic E-state index is 14.4. The molecule has 11 heteroatoms. The summed E-state index contributed by atoms with van der Waals surface area (Å²) in [6.45, 7) is 10.4. The number of hydrogen-bond donors (Lipinski definition) is 0. The lowest BCUT2D eigenvalue weighted by Crippen LogP contribution is -2.55. The second-order valence-corrected chi connectivity index (χ2v) is 14.2. The van der Waals surface area contributed by atoms with Gasteiger partial charge in [-0.25, -0.2) is 4.99 Å². The third kappa shape index (κ3) is 5.41. The number of nitrogens with zero attached hydrogens (tertiary/aromatic N) is 5. The number of thioether (sulfide) groups is 1. The van der Waals surface area contributed by atoms with Gasteiger partial charge in [0.15, 0.2) is 5.17 Å². The third-order valence-electron chi connectivity index (χ3n) is 9.20. The van der Waals surface area contributed by atoms with Crippen LogP contribution in [0, 0.1) is 5.92 Å².